The lowest BCUT2D eigenvalue weighted by Crippen LogP contribution is -2.45. The first-order valence-corrected chi connectivity index (χ1v) is 31.6. The van der Waals surface area contributed by atoms with Crippen LogP contribution in [0.15, 0.2) is 24.3 Å². The van der Waals surface area contributed by atoms with E-state index in [1.807, 2.05) is 0 Å². The van der Waals surface area contributed by atoms with Crippen LogP contribution < -0.4 is 5.32 Å². The van der Waals surface area contributed by atoms with Gasteiger partial charge in [-0.3, -0.25) is 9.59 Å². The smallest absolute Gasteiger partial charge is 0.305 e. The van der Waals surface area contributed by atoms with Gasteiger partial charge in [-0.15, -0.1) is 0 Å². The first-order valence-electron chi connectivity index (χ1n) is 31.6. The van der Waals surface area contributed by atoms with Crippen LogP contribution in [0, 0.1) is 0 Å². The third kappa shape index (κ3) is 55.7. The molecule has 0 fully saturated rings. The predicted molar refractivity (Wildman–Crippen MR) is 306 cm³/mol. The fourth-order valence-electron chi connectivity index (χ4n) is 9.87. The van der Waals surface area contributed by atoms with E-state index < -0.39 is 12.1 Å². The van der Waals surface area contributed by atoms with Gasteiger partial charge in [-0.1, -0.05) is 282 Å². The van der Waals surface area contributed by atoms with E-state index >= 15 is 0 Å². The van der Waals surface area contributed by atoms with Gasteiger partial charge in [0.05, 0.1) is 25.4 Å². The molecule has 0 bridgehead atoms. The molecular weight excluding hydrogens is 863 g/mol. The molecule has 2 unspecified atom stereocenters. The van der Waals surface area contributed by atoms with Crippen LogP contribution in [0.25, 0.3) is 0 Å². The lowest BCUT2D eigenvalue weighted by atomic mass is 10.0. The van der Waals surface area contributed by atoms with Gasteiger partial charge < -0.3 is 20.3 Å². The van der Waals surface area contributed by atoms with Gasteiger partial charge in [0, 0.05) is 12.8 Å². The second kappa shape index (κ2) is 59.9. The van der Waals surface area contributed by atoms with Crippen molar-refractivity contribution < 1.29 is 24.5 Å². The number of esters is 1. The van der Waals surface area contributed by atoms with Crippen LogP contribution in [-0.2, 0) is 14.3 Å². The molecule has 0 aromatic heterocycles. The van der Waals surface area contributed by atoms with Crippen molar-refractivity contribution in [3.63, 3.8) is 0 Å². The largest absolute Gasteiger partial charge is 0.466 e. The van der Waals surface area contributed by atoms with Crippen molar-refractivity contribution in [1.29, 1.82) is 0 Å². The summed E-state index contributed by atoms with van der Waals surface area (Å²) in [4.78, 5) is 24.6. The molecule has 0 aliphatic heterocycles. The van der Waals surface area contributed by atoms with E-state index in [4.69, 9.17) is 4.74 Å². The molecule has 0 aromatic carbocycles. The molecule has 3 N–H and O–H groups in total. The summed E-state index contributed by atoms with van der Waals surface area (Å²) in [6.45, 7) is 4.95. The molecule has 0 aliphatic carbocycles. The third-order valence-corrected chi connectivity index (χ3v) is 14.7. The van der Waals surface area contributed by atoms with Gasteiger partial charge in [-0.05, 0) is 77.0 Å². The predicted octanol–water partition coefficient (Wildman–Crippen LogP) is 19.8. The molecule has 414 valence electrons. The number of rotatable bonds is 59. The summed E-state index contributed by atoms with van der Waals surface area (Å²) in [5.74, 6) is -0.0588. The molecule has 1 amide bonds. The fraction of sp³-hybridized carbons (Fsp3) is 0.906. The van der Waals surface area contributed by atoms with Crippen LogP contribution in [0.2, 0.25) is 0 Å². The number of ether oxygens (including phenoxy) is 1. The van der Waals surface area contributed by atoms with Crippen LogP contribution in [0.5, 0.6) is 0 Å². The SMILES string of the molecule is CCCCCCCC/C=C\CCCCCCCC(=O)OCCCCCCCCC/C=C\CCCCCCCC(=O)NC(CO)C(O)CCCCCCCCCCCCCCCCCCCCCCCC. The van der Waals surface area contributed by atoms with E-state index in [1.165, 1.54) is 250 Å². The highest BCUT2D eigenvalue weighted by molar-refractivity contribution is 5.76. The zero-order valence-electron chi connectivity index (χ0n) is 47.3. The van der Waals surface area contributed by atoms with Crippen molar-refractivity contribution in [3.8, 4) is 0 Å². The van der Waals surface area contributed by atoms with Gasteiger partial charge >= 0.3 is 5.97 Å². The first-order chi connectivity index (χ1) is 34.5. The molecule has 2 atom stereocenters. The first kappa shape index (κ1) is 68.3. The summed E-state index contributed by atoms with van der Waals surface area (Å²) >= 11 is 0. The number of hydrogen-bond donors (Lipinski definition) is 3. The number of allylic oxidation sites excluding steroid dienone is 4. The van der Waals surface area contributed by atoms with Crippen molar-refractivity contribution in [2.24, 2.45) is 0 Å². The molecule has 6 heteroatoms. The molecule has 0 aliphatic rings. The maximum absolute atomic E-state index is 12.5. The Balaban J connectivity index is 3.46. The average Bonchev–Trinajstić information content (AvgIpc) is 3.36. The van der Waals surface area contributed by atoms with E-state index in [0.717, 1.165) is 64.2 Å². The summed E-state index contributed by atoms with van der Waals surface area (Å²) in [5, 5.41) is 23.4. The van der Waals surface area contributed by atoms with E-state index in [0.29, 0.717) is 25.9 Å². The van der Waals surface area contributed by atoms with Crippen LogP contribution in [0.3, 0.4) is 0 Å². The van der Waals surface area contributed by atoms with E-state index in [-0.39, 0.29) is 18.5 Å². The summed E-state index contributed by atoms with van der Waals surface area (Å²) < 4.78 is 5.47. The number of nitrogens with one attached hydrogen (secondary N) is 1. The molecule has 0 rings (SSSR count). The van der Waals surface area contributed by atoms with Crippen LogP contribution in [0.4, 0.5) is 0 Å². The topological polar surface area (TPSA) is 95.9 Å². The Bertz CT molecular complexity index is 1090. The molecule has 0 heterocycles. The van der Waals surface area contributed by atoms with Crippen LogP contribution >= 0.6 is 0 Å². The van der Waals surface area contributed by atoms with E-state index in [9.17, 15) is 19.8 Å². The highest BCUT2D eigenvalue weighted by atomic mass is 16.5. The molecule has 0 aromatic rings. The number of aliphatic hydroxyl groups excluding tert-OH is 2. The number of amides is 1. The monoisotopic (exact) mass is 986 g/mol. The molecule has 0 saturated heterocycles. The summed E-state index contributed by atoms with van der Waals surface area (Å²) in [5.41, 5.74) is 0. The zero-order valence-corrected chi connectivity index (χ0v) is 47.3. The molecule has 0 spiro atoms. The number of hydrogen-bond acceptors (Lipinski definition) is 5. The average molecular weight is 987 g/mol. The standard InChI is InChI=1S/C64H123NO5/c1-3-5-7-9-11-13-15-17-19-20-21-22-23-24-25-29-32-36-40-44-48-52-56-62(67)61(60-66)65-63(68)57-53-49-45-41-37-33-30-26-27-31-35-39-43-47-51-55-59-70-64(69)58-54-50-46-42-38-34-28-18-16-14-12-10-8-6-4-2/h18,26,28,30,61-62,66-67H,3-17,19-25,27,29,31-60H2,1-2H3,(H,65,68)/b28-18-,30-26-. The Hall–Kier alpha value is -1.66. The Morgan fingerprint density at radius 3 is 1.01 bits per heavy atom. The van der Waals surface area contributed by atoms with Crippen molar-refractivity contribution in [2.75, 3.05) is 13.2 Å². The van der Waals surface area contributed by atoms with Crippen molar-refractivity contribution in [3.05, 3.63) is 24.3 Å². The van der Waals surface area contributed by atoms with E-state index in [1.54, 1.807) is 0 Å². The Labute approximate surface area is 437 Å². The van der Waals surface area contributed by atoms with Gasteiger partial charge in [-0.2, -0.15) is 0 Å². The molecule has 0 radical (unpaired) electrons. The quantitative estimate of drug-likeness (QED) is 0.0321. The second-order valence-corrected chi connectivity index (χ2v) is 21.7. The molecule has 0 saturated carbocycles. The number of unbranched alkanes of at least 4 members (excludes halogenated alkanes) is 44. The Morgan fingerprint density at radius 1 is 0.386 bits per heavy atom. The maximum atomic E-state index is 12.5. The number of carbonyl (C=O) groups excluding carboxylic acids is 2. The lowest BCUT2D eigenvalue weighted by Gasteiger charge is -2.22. The maximum Gasteiger partial charge on any atom is 0.305 e. The minimum absolute atomic E-state index is 0.00993. The Kier molecular flexibility index (Phi) is 58.5. The van der Waals surface area contributed by atoms with E-state index in [2.05, 4.69) is 43.5 Å². The van der Waals surface area contributed by atoms with Gasteiger partial charge in [0.1, 0.15) is 0 Å². The Morgan fingerprint density at radius 2 is 0.671 bits per heavy atom. The summed E-state index contributed by atoms with van der Waals surface area (Å²) in [6, 6.07) is -0.555. The van der Waals surface area contributed by atoms with Gasteiger partial charge in [0.2, 0.25) is 5.91 Å². The molecule has 6 nitrogen and oxygen atoms in total. The highest BCUT2D eigenvalue weighted by Crippen LogP contribution is 2.18. The number of aliphatic hydroxyl groups is 2. The minimum atomic E-state index is -0.676. The summed E-state index contributed by atoms with van der Waals surface area (Å²) in [6.07, 6.45) is 73.3. The van der Waals surface area contributed by atoms with Crippen LogP contribution in [-0.4, -0.2) is 47.4 Å². The second-order valence-electron chi connectivity index (χ2n) is 21.7. The van der Waals surface area contributed by atoms with Crippen LogP contribution in [0.1, 0.15) is 348 Å². The summed E-state index contributed by atoms with van der Waals surface area (Å²) in [7, 11) is 0. The third-order valence-electron chi connectivity index (χ3n) is 14.7. The van der Waals surface area contributed by atoms with Gasteiger partial charge in [0.25, 0.3) is 0 Å². The lowest BCUT2D eigenvalue weighted by molar-refractivity contribution is -0.143. The fourth-order valence-corrected chi connectivity index (χ4v) is 9.87. The molecule has 70 heavy (non-hydrogen) atoms. The molecular formula is C64H123NO5. The minimum Gasteiger partial charge on any atom is -0.466 e. The van der Waals surface area contributed by atoms with Crippen molar-refractivity contribution in [2.45, 2.75) is 360 Å². The normalized spacial score (nSPS) is 12.7. The van der Waals surface area contributed by atoms with Gasteiger partial charge in [-0.25, -0.2) is 0 Å². The zero-order chi connectivity index (χ0) is 50.7. The highest BCUT2D eigenvalue weighted by Gasteiger charge is 2.20. The van der Waals surface area contributed by atoms with Crippen molar-refractivity contribution >= 4 is 11.9 Å². The van der Waals surface area contributed by atoms with Crippen molar-refractivity contribution in [1.82, 2.24) is 5.32 Å². The van der Waals surface area contributed by atoms with Gasteiger partial charge in [0.15, 0.2) is 0 Å². The number of carbonyl (C=O) groups is 2.